The fraction of sp³-hybridized carbons (Fsp3) is 0.583. The Balaban J connectivity index is 2.40. The number of sulfonamides is 1. The zero-order valence-corrected chi connectivity index (χ0v) is 13.4. The van der Waals surface area contributed by atoms with Gasteiger partial charge in [0.25, 0.3) is 0 Å². The van der Waals surface area contributed by atoms with Gasteiger partial charge in [-0.3, -0.25) is 0 Å². The molecule has 1 aliphatic carbocycles. The molecule has 1 aromatic rings. The highest BCUT2D eigenvalue weighted by Crippen LogP contribution is 2.33. The summed E-state index contributed by atoms with van der Waals surface area (Å²) < 4.78 is 31.6. The van der Waals surface area contributed by atoms with Crippen molar-refractivity contribution in [1.82, 2.24) is 4.31 Å². The number of halogens is 1. The molecule has 1 aromatic heterocycles. The molecule has 20 heavy (non-hydrogen) atoms. The van der Waals surface area contributed by atoms with Crippen molar-refractivity contribution in [3.63, 3.8) is 0 Å². The van der Waals surface area contributed by atoms with Crippen LogP contribution in [0.5, 0.6) is 0 Å². The largest absolute Gasteiger partial charge is 0.475 e. The van der Waals surface area contributed by atoms with Gasteiger partial charge in [-0.15, -0.1) is 0 Å². The van der Waals surface area contributed by atoms with E-state index in [0.717, 1.165) is 31.7 Å². The highest BCUT2D eigenvalue weighted by atomic mass is 79.9. The average Bonchev–Trinajstić information content (AvgIpc) is 2.99. The monoisotopic (exact) mass is 365 g/mol. The minimum absolute atomic E-state index is 0.0138. The van der Waals surface area contributed by atoms with Gasteiger partial charge in [-0.2, -0.15) is 4.31 Å². The number of carboxylic acid groups (broad SMARTS) is 1. The molecule has 0 aromatic carbocycles. The van der Waals surface area contributed by atoms with E-state index in [1.54, 1.807) is 6.92 Å². The molecule has 0 aliphatic heterocycles. The number of hydrogen-bond donors (Lipinski definition) is 1. The van der Waals surface area contributed by atoms with E-state index in [1.807, 2.05) is 0 Å². The third kappa shape index (κ3) is 2.77. The maximum Gasteiger partial charge on any atom is 0.371 e. The number of carbonyl (C=O) groups is 1. The van der Waals surface area contributed by atoms with Crippen LogP contribution in [0, 0.1) is 0 Å². The molecule has 0 bridgehead atoms. The van der Waals surface area contributed by atoms with Crippen LogP contribution in [0.1, 0.15) is 43.2 Å². The van der Waals surface area contributed by atoms with E-state index in [9.17, 15) is 13.2 Å². The lowest BCUT2D eigenvalue weighted by atomic mass is 10.2. The second-order valence-corrected chi connectivity index (χ2v) is 7.28. The van der Waals surface area contributed by atoms with Crippen molar-refractivity contribution in [3.8, 4) is 0 Å². The van der Waals surface area contributed by atoms with Crippen LogP contribution >= 0.6 is 15.9 Å². The Labute approximate surface area is 125 Å². The van der Waals surface area contributed by atoms with Gasteiger partial charge in [-0.1, -0.05) is 19.8 Å². The third-order valence-corrected chi connectivity index (χ3v) is 6.38. The van der Waals surface area contributed by atoms with Crippen LogP contribution in [-0.2, 0) is 10.0 Å². The van der Waals surface area contributed by atoms with Gasteiger partial charge in [-0.05, 0) is 28.8 Å². The summed E-state index contributed by atoms with van der Waals surface area (Å²) in [6.45, 7) is 2.13. The van der Waals surface area contributed by atoms with Crippen molar-refractivity contribution in [2.75, 3.05) is 6.54 Å². The van der Waals surface area contributed by atoms with Crippen molar-refractivity contribution in [3.05, 3.63) is 16.5 Å². The molecule has 8 heteroatoms. The second kappa shape index (κ2) is 5.87. The summed E-state index contributed by atoms with van der Waals surface area (Å²) in [6.07, 6.45) is 3.72. The SMILES string of the molecule is CCN(C1CCCC1)S(=O)(=O)c1cc(C(=O)O)oc1Br. The molecule has 0 saturated heterocycles. The van der Waals surface area contributed by atoms with Crippen LogP contribution < -0.4 is 0 Å². The van der Waals surface area contributed by atoms with Gasteiger partial charge >= 0.3 is 5.97 Å². The molecule has 0 spiro atoms. The predicted octanol–water partition coefficient (Wildman–Crippen LogP) is 2.69. The van der Waals surface area contributed by atoms with Crippen LogP contribution in [0.25, 0.3) is 0 Å². The Morgan fingerprint density at radius 1 is 1.50 bits per heavy atom. The molecule has 0 radical (unpaired) electrons. The lowest BCUT2D eigenvalue weighted by Crippen LogP contribution is -2.38. The van der Waals surface area contributed by atoms with Crippen molar-refractivity contribution < 1.29 is 22.7 Å². The topological polar surface area (TPSA) is 87.8 Å². The van der Waals surface area contributed by atoms with Crippen LogP contribution in [0.3, 0.4) is 0 Å². The predicted molar refractivity (Wildman–Crippen MR) is 75.2 cm³/mol. The Morgan fingerprint density at radius 2 is 2.10 bits per heavy atom. The van der Waals surface area contributed by atoms with Crippen molar-refractivity contribution in [2.45, 2.75) is 43.5 Å². The van der Waals surface area contributed by atoms with E-state index in [0.29, 0.717) is 6.54 Å². The van der Waals surface area contributed by atoms with Gasteiger partial charge in [0.15, 0.2) is 4.67 Å². The Hall–Kier alpha value is -0.860. The first kappa shape index (κ1) is 15.5. The van der Waals surface area contributed by atoms with Gasteiger partial charge < -0.3 is 9.52 Å². The minimum atomic E-state index is -3.75. The first-order valence-electron chi connectivity index (χ1n) is 6.42. The Bertz CT molecular complexity index is 603. The molecule has 0 unspecified atom stereocenters. The van der Waals surface area contributed by atoms with Gasteiger partial charge in [0, 0.05) is 18.7 Å². The molecular weight excluding hydrogens is 350 g/mol. The molecule has 1 fully saturated rings. The van der Waals surface area contributed by atoms with Crippen LogP contribution in [-0.4, -0.2) is 36.4 Å². The van der Waals surface area contributed by atoms with Crippen LogP contribution in [0.15, 0.2) is 20.0 Å². The van der Waals surface area contributed by atoms with E-state index < -0.39 is 21.8 Å². The molecule has 2 rings (SSSR count). The number of furan rings is 1. The van der Waals surface area contributed by atoms with Crippen molar-refractivity contribution in [2.24, 2.45) is 0 Å². The molecule has 1 saturated carbocycles. The van der Waals surface area contributed by atoms with Crippen molar-refractivity contribution in [1.29, 1.82) is 0 Å². The minimum Gasteiger partial charge on any atom is -0.475 e. The maximum absolute atomic E-state index is 12.7. The average molecular weight is 366 g/mol. The number of rotatable bonds is 5. The first-order valence-corrected chi connectivity index (χ1v) is 8.65. The van der Waals surface area contributed by atoms with E-state index in [2.05, 4.69) is 15.9 Å². The van der Waals surface area contributed by atoms with Gasteiger partial charge in [0.2, 0.25) is 15.8 Å². The summed E-state index contributed by atoms with van der Waals surface area (Å²) in [4.78, 5) is 10.7. The van der Waals surface area contributed by atoms with E-state index in [-0.39, 0.29) is 15.6 Å². The molecule has 1 heterocycles. The number of hydrogen-bond acceptors (Lipinski definition) is 4. The number of aromatic carboxylic acids is 1. The van der Waals surface area contributed by atoms with Crippen molar-refractivity contribution >= 4 is 31.9 Å². The molecule has 1 aliphatic rings. The lowest BCUT2D eigenvalue weighted by Gasteiger charge is -2.26. The van der Waals surface area contributed by atoms with Gasteiger partial charge in [0.05, 0.1) is 0 Å². The standard InChI is InChI=1S/C12H16BrNO5S/c1-2-14(8-5-3-4-6-8)20(17,18)10-7-9(12(15)16)19-11(10)13/h7-8H,2-6H2,1H3,(H,15,16). The summed E-state index contributed by atoms with van der Waals surface area (Å²) in [5.41, 5.74) is 0. The highest BCUT2D eigenvalue weighted by molar-refractivity contribution is 9.10. The molecule has 6 nitrogen and oxygen atoms in total. The Kier molecular flexibility index (Phi) is 4.55. The molecule has 0 atom stereocenters. The summed E-state index contributed by atoms with van der Waals surface area (Å²) in [5.74, 6) is -1.69. The summed E-state index contributed by atoms with van der Waals surface area (Å²) in [7, 11) is -3.75. The zero-order chi connectivity index (χ0) is 14.9. The highest BCUT2D eigenvalue weighted by Gasteiger charge is 2.35. The lowest BCUT2D eigenvalue weighted by molar-refractivity contribution is 0.0661. The number of nitrogens with zero attached hydrogens (tertiary/aromatic N) is 1. The van der Waals surface area contributed by atoms with E-state index in [4.69, 9.17) is 9.52 Å². The molecule has 112 valence electrons. The van der Waals surface area contributed by atoms with Gasteiger partial charge in [-0.25, -0.2) is 13.2 Å². The smallest absolute Gasteiger partial charge is 0.371 e. The van der Waals surface area contributed by atoms with Crippen LogP contribution in [0.4, 0.5) is 0 Å². The first-order chi connectivity index (χ1) is 9.37. The third-order valence-electron chi connectivity index (χ3n) is 3.50. The number of carboxylic acids is 1. The molecular formula is C12H16BrNO5S. The van der Waals surface area contributed by atoms with Crippen LogP contribution in [0.2, 0.25) is 0 Å². The van der Waals surface area contributed by atoms with E-state index in [1.165, 1.54) is 4.31 Å². The fourth-order valence-corrected chi connectivity index (χ4v) is 5.18. The summed E-state index contributed by atoms with van der Waals surface area (Å²) >= 11 is 2.99. The fourth-order valence-electron chi connectivity index (χ4n) is 2.58. The quantitative estimate of drug-likeness (QED) is 0.866. The zero-order valence-electron chi connectivity index (χ0n) is 11.0. The molecule has 1 N–H and O–H groups in total. The molecule has 0 amide bonds. The summed E-state index contributed by atoms with van der Waals surface area (Å²) in [5, 5.41) is 8.87. The normalized spacial score (nSPS) is 16.9. The van der Waals surface area contributed by atoms with Gasteiger partial charge in [0.1, 0.15) is 4.90 Å². The van der Waals surface area contributed by atoms with E-state index >= 15 is 0 Å². The summed E-state index contributed by atoms with van der Waals surface area (Å²) in [6, 6.07) is 1.04. The Morgan fingerprint density at radius 3 is 2.55 bits per heavy atom. The second-order valence-electron chi connectivity index (χ2n) is 4.70. The maximum atomic E-state index is 12.7.